The van der Waals surface area contributed by atoms with Gasteiger partial charge in [0.05, 0.1) is 0 Å². The van der Waals surface area contributed by atoms with E-state index in [1.54, 1.807) is 38.2 Å². The first kappa shape index (κ1) is 13.6. The number of nitrogens with zero attached hydrogens (tertiary/aromatic N) is 1. The molecule has 0 bridgehead atoms. The number of hydrogen-bond donors (Lipinski definition) is 1. The number of ether oxygens (including phenoxy) is 1. The van der Waals surface area contributed by atoms with Crippen molar-refractivity contribution >= 4 is 28.8 Å². The van der Waals surface area contributed by atoms with Gasteiger partial charge in [0, 0.05) is 25.4 Å². The molecule has 0 fully saturated rings. The Morgan fingerprint density at radius 1 is 1.41 bits per heavy atom. The molecule has 1 atom stereocenters. The molecule has 1 amide bonds. The number of methoxy groups -OCH3 is 1. The van der Waals surface area contributed by atoms with Gasteiger partial charge in [-0.3, -0.25) is 4.79 Å². The van der Waals surface area contributed by atoms with Crippen LogP contribution in [0.15, 0.2) is 24.3 Å². The van der Waals surface area contributed by atoms with Gasteiger partial charge in [0.25, 0.3) is 5.91 Å². The number of carbonyl (C=O) groups excluding carboxylic acids is 1. The molecule has 0 aliphatic carbocycles. The van der Waals surface area contributed by atoms with E-state index in [-0.39, 0.29) is 5.91 Å². The van der Waals surface area contributed by atoms with E-state index in [1.165, 1.54) is 12.0 Å². The van der Waals surface area contributed by atoms with E-state index in [2.05, 4.69) is 0 Å². The summed E-state index contributed by atoms with van der Waals surface area (Å²) in [6.45, 7) is 1.71. The molecule has 1 unspecified atom stereocenters. The summed E-state index contributed by atoms with van der Waals surface area (Å²) in [5.74, 6) is -0.101. The molecule has 92 valence electrons. The summed E-state index contributed by atoms with van der Waals surface area (Å²) in [7, 11) is 3.21. The van der Waals surface area contributed by atoms with Gasteiger partial charge in [0.1, 0.15) is 11.1 Å². The minimum atomic E-state index is -0.463. The first-order valence-corrected chi connectivity index (χ1v) is 5.58. The quantitative estimate of drug-likeness (QED) is 0.821. The first-order valence-electron chi connectivity index (χ1n) is 5.17. The van der Waals surface area contributed by atoms with Crippen molar-refractivity contribution in [2.24, 2.45) is 5.73 Å². The fourth-order valence-electron chi connectivity index (χ4n) is 1.35. The molecule has 0 aliphatic rings. The number of likely N-dealkylation sites (N-methyl/N-ethyl adjacent to an activating group) is 1. The van der Waals surface area contributed by atoms with Gasteiger partial charge in [-0.05, 0) is 31.2 Å². The number of nitrogens with two attached hydrogens (primary N) is 1. The summed E-state index contributed by atoms with van der Waals surface area (Å²) >= 11 is 4.86. The number of benzene rings is 1. The summed E-state index contributed by atoms with van der Waals surface area (Å²) in [4.78, 5) is 13.7. The lowest BCUT2D eigenvalue weighted by molar-refractivity contribution is -0.127. The monoisotopic (exact) mass is 252 g/mol. The van der Waals surface area contributed by atoms with Crippen molar-refractivity contribution in [1.82, 2.24) is 0 Å². The van der Waals surface area contributed by atoms with Crippen molar-refractivity contribution in [3.05, 3.63) is 29.8 Å². The van der Waals surface area contributed by atoms with Crippen molar-refractivity contribution in [3.63, 3.8) is 0 Å². The molecule has 2 N–H and O–H groups in total. The van der Waals surface area contributed by atoms with Crippen LogP contribution >= 0.6 is 12.2 Å². The van der Waals surface area contributed by atoms with Gasteiger partial charge in [0.15, 0.2) is 0 Å². The highest BCUT2D eigenvalue weighted by Gasteiger charge is 2.17. The zero-order valence-corrected chi connectivity index (χ0v) is 11.0. The van der Waals surface area contributed by atoms with Crippen molar-refractivity contribution in [2.45, 2.75) is 13.0 Å². The molecule has 0 saturated heterocycles. The fourth-order valence-corrected chi connectivity index (χ4v) is 1.49. The van der Waals surface area contributed by atoms with Gasteiger partial charge in [-0.15, -0.1) is 0 Å². The Balaban J connectivity index is 2.86. The van der Waals surface area contributed by atoms with Crippen molar-refractivity contribution in [3.8, 4) is 0 Å². The van der Waals surface area contributed by atoms with E-state index in [9.17, 15) is 4.79 Å². The van der Waals surface area contributed by atoms with Crippen LogP contribution in [0.4, 0.5) is 5.69 Å². The molecule has 0 saturated carbocycles. The van der Waals surface area contributed by atoms with E-state index in [1.807, 2.05) is 0 Å². The minimum Gasteiger partial charge on any atom is -0.389 e. The molecule has 0 radical (unpaired) electrons. The van der Waals surface area contributed by atoms with Crippen LogP contribution in [0.1, 0.15) is 12.5 Å². The lowest BCUT2D eigenvalue weighted by Crippen LogP contribution is -2.35. The molecular formula is C12H16N2O2S. The lowest BCUT2D eigenvalue weighted by atomic mass is 10.2. The normalized spacial score (nSPS) is 11.9. The van der Waals surface area contributed by atoms with E-state index >= 15 is 0 Å². The topological polar surface area (TPSA) is 55.6 Å². The highest BCUT2D eigenvalue weighted by Crippen LogP contribution is 2.15. The molecule has 1 rings (SSSR count). The van der Waals surface area contributed by atoms with Crippen molar-refractivity contribution < 1.29 is 9.53 Å². The number of rotatable bonds is 4. The summed E-state index contributed by atoms with van der Waals surface area (Å²) < 4.78 is 4.98. The Labute approximate surface area is 106 Å². The van der Waals surface area contributed by atoms with Crippen LogP contribution in [0, 0.1) is 0 Å². The summed E-state index contributed by atoms with van der Waals surface area (Å²) in [5.41, 5.74) is 7.06. The zero-order chi connectivity index (χ0) is 13.0. The Bertz CT molecular complexity index is 417. The largest absolute Gasteiger partial charge is 0.389 e. The second-order valence-corrected chi connectivity index (χ2v) is 4.13. The Hall–Kier alpha value is -1.46. The highest BCUT2D eigenvalue weighted by molar-refractivity contribution is 7.80. The van der Waals surface area contributed by atoms with E-state index in [0.717, 1.165) is 11.3 Å². The van der Waals surface area contributed by atoms with Gasteiger partial charge in [-0.2, -0.15) is 0 Å². The molecule has 17 heavy (non-hydrogen) atoms. The number of anilines is 1. The van der Waals surface area contributed by atoms with Crippen molar-refractivity contribution in [1.29, 1.82) is 0 Å². The van der Waals surface area contributed by atoms with Gasteiger partial charge in [-0.1, -0.05) is 12.2 Å². The molecule has 0 spiro atoms. The van der Waals surface area contributed by atoms with Crippen LogP contribution in [0.2, 0.25) is 0 Å². The number of carbonyl (C=O) groups is 1. The van der Waals surface area contributed by atoms with Gasteiger partial charge in [0.2, 0.25) is 0 Å². The second-order valence-electron chi connectivity index (χ2n) is 3.69. The van der Waals surface area contributed by atoms with Crippen LogP contribution < -0.4 is 10.6 Å². The third-order valence-corrected chi connectivity index (χ3v) is 2.81. The predicted octanol–water partition coefficient (Wildman–Crippen LogP) is 1.32. The fraction of sp³-hybridized carbons (Fsp3) is 0.333. The van der Waals surface area contributed by atoms with Gasteiger partial charge < -0.3 is 15.4 Å². The molecule has 0 aromatic heterocycles. The highest BCUT2D eigenvalue weighted by atomic mass is 32.1. The molecule has 1 aromatic rings. The maximum Gasteiger partial charge on any atom is 0.255 e. The molecule has 1 aromatic carbocycles. The standard InChI is InChI=1S/C12H16N2O2S/c1-8(16-3)12(15)14(2)10-6-4-9(5-7-10)11(13)17/h4-8H,1-3H3,(H2,13,17). The molecular weight excluding hydrogens is 236 g/mol. The van der Waals surface area contributed by atoms with E-state index in [4.69, 9.17) is 22.7 Å². The number of amides is 1. The lowest BCUT2D eigenvalue weighted by Gasteiger charge is -2.20. The van der Waals surface area contributed by atoms with Crippen LogP contribution in [-0.4, -0.2) is 31.2 Å². The Kier molecular flexibility index (Phi) is 4.60. The molecule has 5 heteroatoms. The maximum atomic E-state index is 11.8. The number of thiocarbonyl (C=S) groups is 1. The second kappa shape index (κ2) is 5.75. The van der Waals surface area contributed by atoms with Crippen LogP contribution in [0.3, 0.4) is 0 Å². The van der Waals surface area contributed by atoms with Crippen LogP contribution in [-0.2, 0) is 9.53 Å². The summed E-state index contributed by atoms with van der Waals surface area (Å²) in [5, 5.41) is 0. The van der Waals surface area contributed by atoms with E-state index in [0.29, 0.717) is 4.99 Å². The van der Waals surface area contributed by atoms with Gasteiger partial charge in [-0.25, -0.2) is 0 Å². The average Bonchev–Trinajstić information content (AvgIpc) is 2.36. The minimum absolute atomic E-state index is 0.101. The summed E-state index contributed by atoms with van der Waals surface area (Å²) in [6, 6.07) is 7.18. The molecule has 0 heterocycles. The molecule has 0 aliphatic heterocycles. The maximum absolute atomic E-state index is 11.8. The van der Waals surface area contributed by atoms with Gasteiger partial charge >= 0.3 is 0 Å². The summed E-state index contributed by atoms with van der Waals surface area (Å²) in [6.07, 6.45) is -0.463. The molecule has 4 nitrogen and oxygen atoms in total. The van der Waals surface area contributed by atoms with Crippen LogP contribution in [0.25, 0.3) is 0 Å². The third-order valence-electron chi connectivity index (χ3n) is 2.57. The Morgan fingerprint density at radius 2 is 1.94 bits per heavy atom. The Morgan fingerprint density at radius 3 is 2.35 bits per heavy atom. The van der Waals surface area contributed by atoms with Crippen LogP contribution in [0.5, 0.6) is 0 Å². The first-order chi connectivity index (χ1) is 7.97. The van der Waals surface area contributed by atoms with Crippen molar-refractivity contribution in [2.75, 3.05) is 19.1 Å². The predicted molar refractivity (Wildman–Crippen MR) is 72.2 cm³/mol. The van der Waals surface area contributed by atoms with E-state index < -0.39 is 6.10 Å². The average molecular weight is 252 g/mol. The smallest absolute Gasteiger partial charge is 0.255 e. The third kappa shape index (κ3) is 3.25. The SMILES string of the molecule is COC(C)C(=O)N(C)c1ccc(C(N)=S)cc1. The zero-order valence-electron chi connectivity index (χ0n) is 10.1. The number of hydrogen-bond acceptors (Lipinski definition) is 3.